The third-order valence-corrected chi connectivity index (χ3v) is 5.76. The minimum Gasteiger partial charge on any atom is -0.357 e. The standard InChI is InChI=1S/C21H26FN3O4S/c1-4-19(21(27)23-2)24(14-16-10-12-17(22)13-11-16)20(26)15-25(30(3,28)29)18-8-6-5-7-9-18/h5-13,19H,4,14-15H2,1-3H3,(H,23,27)/t19-/m1/s1. The number of nitrogens with zero attached hydrogens (tertiary/aromatic N) is 2. The van der Waals surface area contributed by atoms with E-state index in [0.717, 1.165) is 10.6 Å². The summed E-state index contributed by atoms with van der Waals surface area (Å²) in [6, 6.07) is 13.1. The second kappa shape index (κ2) is 10.2. The molecule has 0 heterocycles. The second-order valence-corrected chi connectivity index (χ2v) is 8.70. The summed E-state index contributed by atoms with van der Waals surface area (Å²) in [7, 11) is -2.28. The molecule has 2 aromatic rings. The number of likely N-dealkylation sites (N-methyl/N-ethyl adjacent to an activating group) is 1. The van der Waals surface area contributed by atoms with E-state index in [2.05, 4.69) is 5.32 Å². The summed E-state index contributed by atoms with van der Waals surface area (Å²) >= 11 is 0. The first kappa shape index (κ1) is 23.3. The van der Waals surface area contributed by atoms with Crippen LogP contribution in [0.5, 0.6) is 0 Å². The van der Waals surface area contributed by atoms with Crippen molar-refractivity contribution in [2.45, 2.75) is 25.9 Å². The zero-order valence-electron chi connectivity index (χ0n) is 17.2. The molecule has 0 saturated carbocycles. The fourth-order valence-electron chi connectivity index (χ4n) is 3.08. The number of hydrogen-bond acceptors (Lipinski definition) is 4. The van der Waals surface area contributed by atoms with Gasteiger partial charge in [0.15, 0.2) is 0 Å². The summed E-state index contributed by atoms with van der Waals surface area (Å²) in [5.41, 5.74) is 0.973. The Kier molecular flexibility index (Phi) is 7.93. The van der Waals surface area contributed by atoms with Gasteiger partial charge in [0, 0.05) is 13.6 Å². The molecule has 0 aliphatic carbocycles. The van der Waals surface area contributed by atoms with Crippen LogP contribution < -0.4 is 9.62 Å². The molecule has 9 heteroatoms. The van der Waals surface area contributed by atoms with E-state index in [-0.39, 0.29) is 12.5 Å². The van der Waals surface area contributed by atoms with Crippen LogP contribution in [0.15, 0.2) is 54.6 Å². The Hall–Kier alpha value is -2.94. The first-order valence-corrected chi connectivity index (χ1v) is 11.3. The number of hydrogen-bond donors (Lipinski definition) is 1. The van der Waals surface area contributed by atoms with Crippen LogP contribution in [-0.4, -0.2) is 51.0 Å². The van der Waals surface area contributed by atoms with Gasteiger partial charge in [-0.1, -0.05) is 37.3 Å². The van der Waals surface area contributed by atoms with Crippen molar-refractivity contribution in [1.29, 1.82) is 0 Å². The SMILES string of the molecule is CC[C@H](C(=O)NC)N(Cc1ccc(F)cc1)C(=O)CN(c1ccccc1)S(C)(=O)=O. The zero-order valence-corrected chi connectivity index (χ0v) is 18.0. The summed E-state index contributed by atoms with van der Waals surface area (Å²) in [4.78, 5) is 26.9. The molecule has 7 nitrogen and oxygen atoms in total. The van der Waals surface area contributed by atoms with E-state index in [1.165, 1.54) is 36.2 Å². The number of benzene rings is 2. The third-order valence-electron chi connectivity index (χ3n) is 4.62. The van der Waals surface area contributed by atoms with E-state index >= 15 is 0 Å². The van der Waals surface area contributed by atoms with E-state index in [0.29, 0.717) is 17.7 Å². The molecule has 0 radical (unpaired) electrons. The van der Waals surface area contributed by atoms with Gasteiger partial charge in [-0.3, -0.25) is 13.9 Å². The minimum absolute atomic E-state index is 0.0391. The quantitative estimate of drug-likeness (QED) is 0.654. The average Bonchev–Trinajstić information content (AvgIpc) is 2.72. The molecule has 1 atom stereocenters. The van der Waals surface area contributed by atoms with Crippen molar-refractivity contribution in [3.63, 3.8) is 0 Å². The van der Waals surface area contributed by atoms with Gasteiger partial charge in [0.1, 0.15) is 18.4 Å². The summed E-state index contributed by atoms with van der Waals surface area (Å²) < 4.78 is 39.0. The second-order valence-electron chi connectivity index (χ2n) is 6.79. The van der Waals surface area contributed by atoms with Crippen molar-refractivity contribution in [2.24, 2.45) is 0 Å². The van der Waals surface area contributed by atoms with Gasteiger partial charge in [-0.05, 0) is 36.2 Å². The third kappa shape index (κ3) is 6.03. The summed E-state index contributed by atoms with van der Waals surface area (Å²) in [6.45, 7) is 1.34. The maximum atomic E-state index is 13.3. The summed E-state index contributed by atoms with van der Waals surface area (Å²) in [5, 5.41) is 2.54. The largest absolute Gasteiger partial charge is 0.357 e. The van der Waals surface area contributed by atoms with E-state index in [1.54, 1.807) is 37.3 Å². The predicted molar refractivity (Wildman–Crippen MR) is 114 cm³/mol. The van der Waals surface area contributed by atoms with Gasteiger partial charge < -0.3 is 10.2 Å². The lowest BCUT2D eigenvalue weighted by atomic mass is 10.1. The lowest BCUT2D eigenvalue weighted by Crippen LogP contribution is -2.51. The van der Waals surface area contributed by atoms with Gasteiger partial charge in [0.05, 0.1) is 11.9 Å². The molecule has 0 aliphatic rings. The van der Waals surface area contributed by atoms with Crippen LogP contribution in [0.2, 0.25) is 0 Å². The molecule has 2 rings (SSSR count). The molecule has 2 amide bonds. The smallest absolute Gasteiger partial charge is 0.244 e. The molecule has 0 saturated heterocycles. The Morgan fingerprint density at radius 2 is 1.67 bits per heavy atom. The lowest BCUT2D eigenvalue weighted by molar-refractivity contribution is -0.140. The highest BCUT2D eigenvalue weighted by molar-refractivity contribution is 7.92. The van der Waals surface area contributed by atoms with Crippen LogP contribution in [0.4, 0.5) is 10.1 Å². The van der Waals surface area contributed by atoms with Crippen molar-refractivity contribution < 1.29 is 22.4 Å². The number of carbonyl (C=O) groups excluding carboxylic acids is 2. The molecular formula is C21H26FN3O4S. The Bertz CT molecular complexity index is 966. The summed E-state index contributed by atoms with van der Waals surface area (Å²) in [6.07, 6.45) is 1.35. The van der Waals surface area contributed by atoms with Crippen molar-refractivity contribution in [3.8, 4) is 0 Å². The number of halogens is 1. The van der Waals surface area contributed by atoms with E-state index in [1.807, 2.05) is 0 Å². The number of nitrogens with one attached hydrogen (secondary N) is 1. The molecule has 2 aromatic carbocycles. The van der Waals surface area contributed by atoms with Crippen molar-refractivity contribution >= 4 is 27.5 Å². The molecule has 0 aromatic heterocycles. The van der Waals surface area contributed by atoms with Crippen molar-refractivity contribution in [1.82, 2.24) is 10.2 Å². The monoisotopic (exact) mass is 435 g/mol. The molecule has 1 N–H and O–H groups in total. The van der Waals surface area contributed by atoms with Crippen LogP contribution in [-0.2, 0) is 26.2 Å². The van der Waals surface area contributed by atoms with Crippen molar-refractivity contribution in [3.05, 3.63) is 66.0 Å². The Labute approximate surface area is 176 Å². The van der Waals surface area contributed by atoms with Gasteiger partial charge in [0.25, 0.3) is 0 Å². The average molecular weight is 436 g/mol. The van der Waals surface area contributed by atoms with Gasteiger partial charge in [-0.25, -0.2) is 12.8 Å². The van der Waals surface area contributed by atoms with Crippen LogP contribution in [0, 0.1) is 5.82 Å². The number of anilines is 1. The maximum Gasteiger partial charge on any atom is 0.244 e. The molecule has 162 valence electrons. The van der Waals surface area contributed by atoms with Gasteiger partial charge in [-0.15, -0.1) is 0 Å². The number of para-hydroxylation sites is 1. The minimum atomic E-state index is -3.75. The molecule has 0 unspecified atom stereocenters. The van der Waals surface area contributed by atoms with Crippen LogP contribution in [0.25, 0.3) is 0 Å². The lowest BCUT2D eigenvalue weighted by Gasteiger charge is -2.32. The van der Waals surface area contributed by atoms with E-state index in [4.69, 9.17) is 0 Å². The molecule has 30 heavy (non-hydrogen) atoms. The van der Waals surface area contributed by atoms with Crippen LogP contribution in [0.3, 0.4) is 0 Å². The predicted octanol–water partition coefficient (Wildman–Crippen LogP) is 2.15. The highest BCUT2D eigenvalue weighted by atomic mass is 32.2. The number of amides is 2. The topological polar surface area (TPSA) is 86.8 Å². The Morgan fingerprint density at radius 1 is 1.07 bits per heavy atom. The van der Waals surface area contributed by atoms with Gasteiger partial charge in [0.2, 0.25) is 21.8 Å². The Balaban J connectivity index is 2.38. The van der Waals surface area contributed by atoms with Gasteiger partial charge >= 0.3 is 0 Å². The first-order chi connectivity index (χ1) is 14.2. The molecule has 0 fully saturated rings. The van der Waals surface area contributed by atoms with Crippen LogP contribution in [0.1, 0.15) is 18.9 Å². The highest BCUT2D eigenvalue weighted by Gasteiger charge is 2.31. The van der Waals surface area contributed by atoms with E-state index in [9.17, 15) is 22.4 Å². The number of sulfonamides is 1. The zero-order chi connectivity index (χ0) is 22.3. The van der Waals surface area contributed by atoms with Crippen LogP contribution >= 0.6 is 0 Å². The normalized spacial score (nSPS) is 12.1. The number of carbonyl (C=O) groups is 2. The first-order valence-electron chi connectivity index (χ1n) is 9.45. The summed E-state index contributed by atoms with van der Waals surface area (Å²) in [5.74, 6) is -1.31. The van der Waals surface area contributed by atoms with Crippen molar-refractivity contribution in [2.75, 3.05) is 24.2 Å². The fourth-order valence-corrected chi connectivity index (χ4v) is 3.93. The Morgan fingerprint density at radius 3 is 2.17 bits per heavy atom. The van der Waals surface area contributed by atoms with E-state index < -0.39 is 34.3 Å². The highest BCUT2D eigenvalue weighted by Crippen LogP contribution is 2.19. The fraction of sp³-hybridized carbons (Fsp3) is 0.333. The van der Waals surface area contributed by atoms with Gasteiger partial charge in [-0.2, -0.15) is 0 Å². The maximum absolute atomic E-state index is 13.3. The molecule has 0 bridgehead atoms. The molecular weight excluding hydrogens is 409 g/mol. The molecule has 0 aliphatic heterocycles. The molecule has 0 spiro atoms. The number of rotatable bonds is 9.